The Morgan fingerprint density at radius 2 is 1.61 bits per heavy atom. The molecule has 0 bridgehead atoms. The molecule has 1 amide bonds. The molecule has 0 saturated heterocycles. The van der Waals surface area contributed by atoms with Crippen LogP contribution in [-0.2, 0) is 20.6 Å². The van der Waals surface area contributed by atoms with Gasteiger partial charge in [-0.1, -0.05) is 37.3 Å². The molecule has 1 fully saturated rings. The number of carbonyl (C=O) groups excluding carboxylic acids is 3. The van der Waals surface area contributed by atoms with Gasteiger partial charge in [-0.3, -0.25) is 19.3 Å². The van der Waals surface area contributed by atoms with E-state index >= 15 is 0 Å². The minimum absolute atomic E-state index is 0.0363. The van der Waals surface area contributed by atoms with E-state index in [1.165, 1.54) is 57.1 Å². The summed E-state index contributed by atoms with van der Waals surface area (Å²) in [6, 6.07) is 6.36. The minimum Gasteiger partial charge on any atom is -0.508 e. The van der Waals surface area contributed by atoms with Crippen LogP contribution in [0.15, 0.2) is 59.4 Å². The molecule has 7 N–H and O–H groups in total. The van der Waals surface area contributed by atoms with Gasteiger partial charge in [0, 0.05) is 0 Å². The molecule has 232 valence electrons. The van der Waals surface area contributed by atoms with E-state index in [1.807, 2.05) is 0 Å². The summed E-state index contributed by atoms with van der Waals surface area (Å²) in [5.41, 5.74) is -4.82. The molecular weight excluding hydrogens is 585 g/mol. The molecule has 0 unspecified atom stereocenters. The van der Waals surface area contributed by atoms with E-state index in [4.69, 9.17) is 5.73 Å². The largest absolute Gasteiger partial charge is 0.508 e. The van der Waals surface area contributed by atoms with Crippen molar-refractivity contribution in [2.45, 2.75) is 37.8 Å². The number of phenolic OH excluding ortho intramolecular Hbond substituents is 1. The molecule has 44 heavy (non-hydrogen) atoms. The summed E-state index contributed by atoms with van der Waals surface area (Å²) >= 11 is 0. The second kappa shape index (κ2) is 9.52. The number of carbonyl (C=O) groups is 3. The Morgan fingerprint density at radius 3 is 2.14 bits per heavy atom. The Kier molecular flexibility index (Phi) is 6.70. The fourth-order valence-corrected chi connectivity index (χ4v) is 7.24. The summed E-state index contributed by atoms with van der Waals surface area (Å²) in [6.45, 7) is 2.50. The van der Waals surface area contributed by atoms with Gasteiger partial charge in [0.1, 0.15) is 22.8 Å². The summed E-state index contributed by atoms with van der Waals surface area (Å²) in [4.78, 5) is 41.7. The van der Waals surface area contributed by atoms with Gasteiger partial charge >= 0.3 is 6.18 Å². The number of Topliss-reactive ketones (excluding diaryl/α,β-unsaturated/α-hetero) is 2. The van der Waals surface area contributed by atoms with Gasteiger partial charge in [-0.2, -0.15) is 13.2 Å². The maximum Gasteiger partial charge on any atom is 0.416 e. The third-order valence-corrected chi connectivity index (χ3v) is 9.29. The van der Waals surface area contributed by atoms with Crippen LogP contribution in [0.3, 0.4) is 0 Å². The number of alkyl halides is 3. The third-order valence-electron chi connectivity index (χ3n) is 9.29. The lowest BCUT2D eigenvalue weighted by atomic mass is 9.43. The second-order valence-electron chi connectivity index (χ2n) is 11.8. The number of hydrogen-bond acceptors (Lipinski definition) is 9. The Morgan fingerprint density at radius 1 is 1.02 bits per heavy atom. The molecule has 10 nitrogen and oxygen atoms in total. The number of phenols is 1. The molecule has 0 aromatic heterocycles. The van der Waals surface area contributed by atoms with Crippen molar-refractivity contribution >= 4 is 34.9 Å². The normalized spacial score (nSPS) is 31.3. The van der Waals surface area contributed by atoms with Crippen molar-refractivity contribution in [3.63, 3.8) is 0 Å². The lowest BCUT2D eigenvalue weighted by molar-refractivity contribution is -0.203. The summed E-state index contributed by atoms with van der Waals surface area (Å²) < 4.78 is 39.8. The Hall–Kier alpha value is -4.46. The van der Waals surface area contributed by atoms with Crippen LogP contribution in [0.25, 0.3) is 17.4 Å². The van der Waals surface area contributed by atoms with Crippen molar-refractivity contribution in [3.05, 3.63) is 81.6 Å². The molecule has 0 heterocycles. The number of likely N-dealkylation sites (N-methyl/N-ethyl adjacent to an activating group) is 1. The number of aliphatic hydroxyl groups is 4. The average Bonchev–Trinajstić information content (AvgIpc) is 2.92. The summed E-state index contributed by atoms with van der Waals surface area (Å²) in [7, 11) is 2.76. The third kappa shape index (κ3) is 3.69. The quantitative estimate of drug-likeness (QED) is 0.283. The van der Waals surface area contributed by atoms with Crippen LogP contribution in [0.1, 0.15) is 36.1 Å². The SMILES string of the molecule is CN(C)[C@@H]1C(=O)C(C(N)=O)=C(O)[C@@]2(O)C(=O)C3=C(O)c4c(O)cccc4/C(=C\c4ccc(C(F)(F)F)cc4)[C@@]3(C)[C@H](O)[C@@]12C. The first-order chi connectivity index (χ1) is 20.3. The highest BCUT2D eigenvalue weighted by molar-refractivity contribution is 6.26. The van der Waals surface area contributed by atoms with Gasteiger partial charge in [-0.25, -0.2) is 0 Å². The molecular formula is C31H29F3N2O8. The lowest BCUT2D eigenvalue weighted by Crippen LogP contribution is -2.78. The molecule has 0 radical (unpaired) electrons. The van der Waals surface area contributed by atoms with Gasteiger partial charge < -0.3 is 31.3 Å². The number of nitrogens with two attached hydrogens (primary N) is 1. The van der Waals surface area contributed by atoms with Crippen LogP contribution >= 0.6 is 0 Å². The zero-order valence-electron chi connectivity index (χ0n) is 23.9. The van der Waals surface area contributed by atoms with Gasteiger partial charge in [-0.05, 0) is 55.9 Å². The fourth-order valence-electron chi connectivity index (χ4n) is 7.24. The number of amides is 1. The number of hydrogen-bond donors (Lipinski definition) is 6. The van der Waals surface area contributed by atoms with E-state index in [0.29, 0.717) is 0 Å². The first-order valence-corrected chi connectivity index (χ1v) is 13.3. The number of nitrogens with zero attached hydrogens (tertiary/aromatic N) is 1. The van der Waals surface area contributed by atoms with Crippen molar-refractivity contribution in [2.24, 2.45) is 16.6 Å². The Bertz CT molecular complexity index is 1740. The minimum atomic E-state index is -4.62. The van der Waals surface area contributed by atoms with Gasteiger partial charge in [0.15, 0.2) is 11.4 Å². The van der Waals surface area contributed by atoms with Crippen LogP contribution in [-0.4, -0.2) is 79.7 Å². The second-order valence-corrected chi connectivity index (χ2v) is 11.8. The van der Waals surface area contributed by atoms with E-state index in [-0.39, 0.29) is 22.3 Å². The zero-order chi connectivity index (χ0) is 32.9. The average molecular weight is 615 g/mol. The Balaban J connectivity index is 1.91. The number of fused-ring (bicyclic) bond motifs is 3. The molecule has 0 aliphatic heterocycles. The number of primary amides is 1. The molecule has 3 aliphatic rings. The van der Waals surface area contributed by atoms with E-state index in [2.05, 4.69) is 0 Å². The molecule has 0 spiro atoms. The summed E-state index contributed by atoms with van der Waals surface area (Å²) in [6.07, 6.45) is -5.28. The van der Waals surface area contributed by atoms with E-state index < -0.39 is 86.2 Å². The summed E-state index contributed by atoms with van der Waals surface area (Å²) in [5.74, 6) is -6.71. The number of ketones is 2. The number of aromatic hydroxyl groups is 1. The number of halogens is 3. The molecule has 2 aromatic rings. The first-order valence-electron chi connectivity index (χ1n) is 13.3. The van der Waals surface area contributed by atoms with Gasteiger partial charge in [0.05, 0.1) is 39.7 Å². The first kappa shape index (κ1) is 31.0. The van der Waals surface area contributed by atoms with Gasteiger partial charge in [-0.15, -0.1) is 0 Å². The highest BCUT2D eigenvalue weighted by atomic mass is 19.4. The smallest absolute Gasteiger partial charge is 0.416 e. The van der Waals surface area contributed by atoms with Crippen LogP contribution in [0.4, 0.5) is 13.2 Å². The summed E-state index contributed by atoms with van der Waals surface area (Å²) in [5, 5.41) is 58.0. The molecule has 2 aromatic carbocycles. The zero-order valence-corrected chi connectivity index (χ0v) is 23.9. The maximum absolute atomic E-state index is 14.5. The van der Waals surface area contributed by atoms with Gasteiger partial charge in [0.25, 0.3) is 5.91 Å². The number of rotatable bonds is 3. The highest BCUT2D eigenvalue weighted by Crippen LogP contribution is 2.66. The molecule has 3 aliphatic carbocycles. The van der Waals surface area contributed by atoms with Crippen LogP contribution in [0.2, 0.25) is 0 Å². The van der Waals surface area contributed by atoms with Crippen molar-refractivity contribution in [1.29, 1.82) is 0 Å². The predicted octanol–water partition coefficient (Wildman–Crippen LogP) is 2.73. The number of benzene rings is 2. The van der Waals surface area contributed by atoms with Crippen LogP contribution in [0, 0.1) is 10.8 Å². The van der Waals surface area contributed by atoms with Crippen molar-refractivity contribution < 1.29 is 53.1 Å². The van der Waals surface area contributed by atoms with E-state index in [9.17, 15) is 53.1 Å². The van der Waals surface area contributed by atoms with Crippen LogP contribution in [0.5, 0.6) is 5.75 Å². The molecule has 5 rings (SSSR count). The lowest BCUT2D eigenvalue weighted by Gasteiger charge is -2.62. The molecule has 13 heteroatoms. The van der Waals surface area contributed by atoms with Crippen LogP contribution < -0.4 is 5.73 Å². The van der Waals surface area contributed by atoms with E-state index in [0.717, 1.165) is 24.3 Å². The maximum atomic E-state index is 14.5. The van der Waals surface area contributed by atoms with Gasteiger partial charge in [0.2, 0.25) is 5.78 Å². The van der Waals surface area contributed by atoms with Crippen molar-refractivity contribution in [2.75, 3.05) is 14.1 Å². The highest BCUT2D eigenvalue weighted by Gasteiger charge is 2.77. The predicted molar refractivity (Wildman–Crippen MR) is 150 cm³/mol. The van der Waals surface area contributed by atoms with E-state index in [1.54, 1.807) is 0 Å². The number of aliphatic hydroxyl groups excluding tert-OH is 3. The monoisotopic (exact) mass is 614 g/mol. The standard InChI is InChI=1S/C31H29F3N2O8/c1-28-16(12-13-8-10-14(11-9-13)31(32,33)34)15-6-5-7-17(37)18(15)21(38)20(28)25(41)30(44)24(40)19(26(35)42)22(39)23(36(3)4)29(30,2)27(28)43/h5-12,23,27,37-38,40,43-44H,1-4H3,(H2,35,42)/b16-12+/t23-,27+,28-,29-,30-/m1/s1. The fraction of sp³-hybridized carbons (Fsp3) is 0.323. The Labute approximate surface area is 248 Å². The van der Waals surface area contributed by atoms with Crippen molar-refractivity contribution in [1.82, 2.24) is 4.90 Å². The molecule has 5 atom stereocenters. The molecule has 1 saturated carbocycles. The topological polar surface area (TPSA) is 182 Å². The van der Waals surface area contributed by atoms with Crippen molar-refractivity contribution in [3.8, 4) is 5.75 Å².